The van der Waals surface area contributed by atoms with Crippen LogP contribution in [-0.2, 0) is 0 Å². The van der Waals surface area contributed by atoms with Crippen LogP contribution in [0.1, 0.15) is 29.3 Å². The van der Waals surface area contributed by atoms with E-state index in [4.69, 9.17) is 27.9 Å². The Bertz CT molecular complexity index is 586. The number of hydrogen-bond acceptors (Lipinski definition) is 1. The fourth-order valence-electron chi connectivity index (χ4n) is 1.87. The van der Waals surface area contributed by atoms with Crippen LogP contribution >= 0.6 is 39.1 Å². The highest BCUT2D eigenvalue weighted by Crippen LogP contribution is 2.37. The molecule has 0 aliphatic heterocycles. The van der Waals surface area contributed by atoms with Gasteiger partial charge in [-0.2, -0.15) is 0 Å². The fraction of sp³-hybridized carbons (Fsp3) is 0.250. The van der Waals surface area contributed by atoms with Crippen molar-refractivity contribution < 1.29 is 4.74 Å². The summed E-state index contributed by atoms with van der Waals surface area (Å²) in [6, 6.07) is 13.5. The van der Waals surface area contributed by atoms with Crippen molar-refractivity contribution >= 4 is 39.1 Å². The molecule has 0 fully saturated rings. The Hall–Kier alpha value is -0.700. The molecule has 0 spiro atoms. The third-order valence-electron chi connectivity index (χ3n) is 2.85. The quantitative estimate of drug-likeness (QED) is 0.561. The Balaban J connectivity index is 2.28. The van der Waals surface area contributed by atoms with Crippen LogP contribution in [0.2, 0.25) is 10.0 Å². The summed E-state index contributed by atoms with van der Waals surface area (Å²) in [5.74, 6) is 0.868. The van der Waals surface area contributed by atoms with Gasteiger partial charge in [-0.25, -0.2) is 0 Å². The summed E-state index contributed by atoms with van der Waals surface area (Å²) in [5, 5.41) is 1.36. The molecule has 2 aromatic rings. The minimum absolute atomic E-state index is 0.0149. The Morgan fingerprint density at radius 3 is 2.70 bits per heavy atom. The summed E-state index contributed by atoms with van der Waals surface area (Å²) in [6.45, 7) is 2.80. The highest BCUT2D eigenvalue weighted by molar-refractivity contribution is 9.09. The van der Waals surface area contributed by atoms with Gasteiger partial charge in [0.2, 0.25) is 0 Å². The van der Waals surface area contributed by atoms with Crippen LogP contribution in [0.3, 0.4) is 0 Å². The third-order valence-corrected chi connectivity index (χ3v) is 4.46. The summed E-state index contributed by atoms with van der Waals surface area (Å²) in [6.07, 6.45) is 0.988. The second-order valence-corrected chi connectivity index (χ2v) is 6.21. The van der Waals surface area contributed by atoms with E-state index < -0.39 is 0 Å². The lowest BCUT2D eigenvalue weighted by Crippen LogP contribution is -1.98. The topological polar surface area (TPSA) is 9.23 Å². The maximum absolute atomic E-state index is 6.24. The van der Waals surface area contributed by atoms with Crippen molar-refractivity contribution in [3.63, 3.8) is 0 Å². The van der Waals surface area contributed by atoms with Crippen molar-refractivity contribution in [1.82, 2.24) is 0 Å². The SMILES string of the molecule is CCCOc1cccc(C(Br)c2cc(Cl)ccc2Cl)c1. The molecule has 1 nitrogen and oxygen atoms in total. The monoisotopic (exact) mass is 372 g/mol. The molecule has 0 bridgehead atoms. The zero-order chi connectivity index (χ0) is 14.5. The average Bonchev–Trinajstić information content (AvgIpc) is 2.47. The molecule has 0 radical (unpaired) electrons. The highest BCUT2D eigenvalue weighted by atomic mass is 79.9. The van der Waals surface area contributed by atoms with E-state index in [9.17, 15) is 0 Å². The zero-order valence-corrected chi connectivity index (χ0v) is 14.2. The second kappa shape index (κ2) is 7.35. The van der Waals surface area contributed by atoms with E-state index in [2.05, 4.69) is 22.9 Å². The van der Waals surface area contributed by atoms with Crippen molar-refractivity contribution in [2.45, 2.75) is 18.2 Å². The summed E-state index contributed by atoms with van der Waals surface area (Å²) in [4.78, 5) is -0.0149. The predicted molar refractivity (Wildman–Crippen MR) is 89.5 cm³/mol. The van der Waals surface area contributed by atoms with Crippen molar-refractivity contribution in [2.24, 2.45) is 0 Å². The minimum atomic E-state index is -0.0149. The molecule has 0 heterocycles. The third kappa shape index (κ3) is 3.91. The number of rotatable bonds is 5. The highest BCUT2D eigenvalue weighted by Gasteiger charge is 2.15. The number of benzene rings is 2. The van der Waals surface area contributed by atoms with Crippen LogP contribution in [-0.4, -0.2) is 6.61 Å². The fourth-order valence-corrected chi connectivity index (χ4v) is 3.07. The molecular weight excluding hydrogens is 359 g/mol. The standard InChI is InChI=1S/C16H15BrCl2O/c1-2-8-20-13-5-3-4-11(9-13)16(17)14-10-12(18)6-7-15(14)19/h3-7,9-10,16H,2,8H2,1H3. The van der Waals surface area contributed by atoms with E-state index in [1.54, 1.807) is 6.07 Å². The van der Waals surface area contributed by atoms with Crippen LogP contribution in [0.25, 0.3) is 0 Å². The van der Waals surface area contributed by atoms with Gasteiger partial charge < -0.3 is 4.74 Å². The lowest BCUT2D eigenvalue weighted by Gasteiger charge is -2.14. The normalized spacial score (nSPS) is 12.2. The molecule has 0 N–H and O–H groups in total. The number of halogens is 3. The first kappa shape index (κ1) is 15.7. The number of alkyl halides is 1. The maximum Gasteiger partial charge on any atom is 0.119 e. The van der Waals surface area contributed by atoms with Crippen LogP contribution in [0, 0.1) is 0 Å². The van der Waals surface area contributed by atoms with E-state index in [0.29, 0.717) is 16.7 Å². The van der Waals surface area contributed by atoms with Gasteiger partial charge in [0.15, 0.2) is 0 Å². The first-order valence-corrected chi connectivity index (χ1v) is 8.10. The van der Waals surface area contributed by atoms with Crippen LogP contribution < -0.4 is 4.74 Å². The Morgan fingerprint density at radius 2 is 1.95 bits per heavy atom. The molecule has 4 heteroatoms. The van der Waals surface area contributed by atoms with Gasteiger partial charge in [-0.3, -0.25) is 0 Å². The largest absolute Gasteiger partial charge is 0.494 e. The van der Waals surface area contributed by atoms with Crippen LogP contribution in [0.4, 0.5) is 0 Å². The molecule has 0 amide bonds. The first-order valence-electron chi connectivity index (χ1n) is 6.43. The lowest BCUT2D eigenvalue weighted by molar-refractivity contribution is 0.317. The smallest absolute Gasteiger partial charge is 0.119 e. The lowest BCUT2D eigenvalue weighted by atomic mass is 10.0. The summed E-state index contributed by atoms with van der Waals surface area (Å²) >= 11 is 16.0. The van der Waals surface area contributed by atoms with Gasteiger partial charge >= 0.3 is 0 Å². The average molecular weight is 374 g/mol. The van der Waals surface area contributed by atoms with Crippen molar-refractivity contribution in [3.8, 4) is 5.75 Å². The van der Waals surface area contributed by atoms with Gasteiger partial charge in [-0.05, 0) is 47.9 Å². The van der Waals surface area contributed by atoms with Gasteiger partial charge in [0.05, 0.1) is 11.4 Å². The van der Waals surface area contributed by atoms with E-state index in [-0.39, 0.29) is 4.83 Å². The van der Waals surface area contributed by atoms with E-state index >= 15 is 0 Å². The summed E-state index contributed by atoms with van der Waals surface area (Å²) < 4.78 is 5.66. The molecule has 0 aliphatic carbocycles. The van der Waals surface area contributed by atoms with Crippen molar-refractivity contribution in [2.75, 3.05) is 6.61 Å². The molecule has 106 valence electrons. The predicted octanol–water partition coefficient (Wildman–Crippen LogP) is 6.27. The van der Waals surface area contributed by atoms with Crippen molar-refractivity contribution in [3.05, 3.63) is 63.6 Å². The van der Waals surface area contributed by atoms with E-state index in [1.807, 2.05) is 36.4 Å². The van der Waals surface area contributed by atoms with Gasteiger partial charge in [-0.15, -0.1) is 0 Å². The van der Waals surface area contributed by atoms with Crippen LogP contribution in [0.5, 0.6) is 5.75 Å². The van der Waals surface area contributed by atoms with Crippen molar-refractivity contribution in [1.29, 1.82) is 0 Å². The first-order chi connectivity index (χ1) is 9.61. The molecule has 1 unspecified atom stereocenters. The molecule has 0 aliphatic rings. The molecular formula is C16H15BrCl2O. The van der Waals surface area contributed by atoms with E-state index in [1.165, 1.54) is 0 Å². The molecule has 0 saturated heterocycles. The maximum atomic E-state index is 6.24. The minimum Gasteiger partial charge on any atom is -0.494 e. The Kier molecular flexibility index (Phi) is 5.76. The molecule has 1 atom stereocenters. The molecule has 0 saturated carbocycles. The van der Waals surface area contributed by atoms with Gasteiger partial charge in [0.1, 0.15) is 5.75 Å². The number of hydrogen-bond donors (Lipinski definition) is 0. The second-order valence-electron chi connectivity index (χ2n) is 4.45. The Morgan fingerprint density at radius 1 is 1.15 bits per heavy atom. The van der Waals surface area contributed by atoms with Gasteiger partial charge in [0.25, 0.3) is 0 Å². The molecule has 0 aromatic heterocycles. The van der Waals surface area contributed by atoms with E-state index in [0.717, 1.165) is 23.3 Å². The zero-order valence-electron chi connectivity index (χ0n) is 11.1. The van der Waals surface area contributed by atoms with Crippen LogP contribution in [0.15, 0.2) is 42.5 Å². The number of ether oxygens (including phenoxy) is 1. The Labute approximate surface area is 138 Å². The summed E-state index contributed by atoms with van der Waals surface area (Å²) in [7, 11) is 0. The molecule has 2 aromatic carbocycles. The molecule has 20 heavy (non-hydrogen) atoms. The van der Waals surface area contributed by atoms with Gasteiger partial charge in [-0.1, -0.05) is 58.2 Å². The van der Waals surface area contributed by atoms with Gasteiger partial charge in [0, 0.05) is 10.0 Å². The molecule has 2 rings (SSSR count). The summed E-state index contributed by atoms with van der Waals surface area (Å²) in [5.41, 5.74) is 2.04.